The summed E-state index contributed by atoms with van der Waals surface area (Å²) in [5.74, 6) is 0. The van der Waals surface area contributed by atoms with Crippen molar-refractivity contribution in [2.75, 3.05) is 0 Å². The van der Waals surface area contributed by atoms with Crippen LogP contribution in [0.3, 0.4) is 0 Å². The van der Waals surface area contributed by atoms with Crippen molar-refractivity contribution in [2.45, 2.75) is 19.8 Å². The van der Waals surface area contributed by atoms with Gasteiger partial charge in [0.25, 0.3) is 0 Å². The molecule has 1 nitrogen and oxygen atoms in total. The third kappa shape index (κ3) is 6.48. The highest BCUT2D eigenvalue weighted by atomic mass is 14.8. The predicted octanol–water partition coefficient (Wildman–Crippen LogP) is 15.3. The zero-order chi connectivity index (χ0) is 38.3. The molecule has 0 unspecified atom stereocenters. The summed E-state index contributed by atoms with van der Waals surface area (Å²) >= 11 is 0. The second-order valence-electron chi connectivity index (χ2n) is 15.2. The van der Waals surface area contributed by atoms with Crippen molar-refractivity contribution in [1.82, 2.24) is 0 Å². The van der Waals surface area contributed by atoms with E-state index in [1.807, 2.05) is 6.07 Å². The smallest absolute Gasteiger partial charge is 0.0712 e. The van der Waals surface area contributed by atoms with Gasteiger partial charge in [0.1, 0.15) is 0 Å². The van der Waals surface area contributed by atoms with Crippen LogP contribution in [0.5, 0.6) is 0 Å². The van der Waals surface area contributed by atoms with Crippen LogP contribution in [-0.2, 0) is 0 Å². The van der Waals surface area contributed by atoms with E-state index in [9.17, 15) is 0 Å². The van der Waals surface area contributed by atoms with Crippen LogP contribution in [0, 0.1) is 0 Å². The van der Waals surface area contributed by atoms with E-state index in [0.29, 0.717) is 0 Å². The Morgan fingerprint density at radius 1 is 0.509 bits per heavy atom. The van der Waals surface area contributed by atoms with E-state index < -0.39 is 0 Å². The van der Waals surface area contributed by atoms with Gasteiger partial charge in [-0.25, -0.2) is 4.99 Å². The van der Waals surface area contributed by atoms with Crippen molar-refractivity contribution in [1.29, 1.82) is 0 Å². The van der Waals surface area contributed by atoms with Gasteiger partial charge in [0.15, 0.2) is 0 Å². The van der Waals surface area contributed by atoms with Crippen molar-refractivity contribution >= 4 is 32.8 Å². The molecular weight excluding hydrogens is 687 g/mol. The van der Waals surface area contributed by atoms with Crippen LogP contribution in [0.2, 0.25) is 0 Å². The highest BCUT2D eigenvalue weighted by molar-refractivity contribution is 6.16. The molecule has 0 aliphatic heterocycles. The normalized spacial score (nSPS) is 13.5. The maximum Gasteiger partial charge on any atom is 0.0712 e. The summed E-state index contributed by atoms with van der Waals surface area (Å²) < 4.78 is 0. The van der Waals surface area contributed by atoms with Crippen LogP contribution in [-0.4, -0.2) is 5.71 Å². The molecule has 0 heterocycles. The van der Waals surface area contributed by atoms with Gasteiger partial charge in [-0.15, -0.1) is 0 Å². The molecule has 0 radical (unpaired) electrons. The summed E-state index contributed by atoms with van der Waals surface area (Å²) in [4.78, 5) is 5.09. The zero-order valence-electron chi connectivity index (χ0n) is 32.0. The number of allylic oxidation sites excluding steroid dienone is 5. The molecule has 0 spiro atoms. The topological polar surface area (TPSA) is 12.4 Å². The van der Waals surface area contributed by atoms with Gasteiger partial charge >= 0.3 is 0 Å². The third-order valence-electron chi connectivity index (χ3n) is 11.5. The minimum absolute atomic E-state index is 0.786. The van der Waals surface area contributed by atoms with Crippen molar-refractivity contribution in [2.24, 2.45) is 4.99 Å². The first-order valence-electron chi connectivity index (χ1n) is 19.9. The Kier molecular flexibility index (Phi) is 8.77. The predicted molar refractivity (Wildman–Crippen MR) is 244 cm³/mol. The summed E-state index contributed by atoms with van der Waals surface area (Å²) in [5, 5.41) is 5.12. The van der Waals surface area contributed by atoms with Crippen LogP contribution in [0.25, 0.3) is 82.8 Å². The Morgan fingerprint density at radius 3 is 2.00 bits per heavy atom. The van der Waals surface area contributed by atoms with Gasteiger partial charge in [0.2, 0.25) is 0 Å². The van der Waals surface area contributed by atoms with E-state index in [1.165, 1.54) is 77.2 Å². The Bertz CT molecular complexity index is 3020. The molecule has 0 bridgehead atoms. The van der Waals surface area contributed by atoms with Gasteiger partial charge in [0.05, 0.1) is 11.4 Å². The van der Waals surface area contributed by atoms with Crippen LogP contribution < -0.4 is 0 Å². The number of nitrogens with zero attached hydrogens (tertiary/aromatic N) is 1. The molecule has 8 aromatic carbocycles. The molecule has 0 fully saturated rings. The molecule has 2 aliphatic rings. The largest absolute Gasteiger partial charge is 0.248 e. The summed E-state index contributed by atoms with van der Waals surface area (Å²) in [5.41, 5.74) is 18.7. The lowest BCUT2D eigenvalue weighted by Gasteiger charge is -2.14. The molecule has 10 rings (SSSR count). The number of fused-ring (bicyclic) bond motifs is 4. The molecule has 0 N–H and O–H groups in total. The van der Waals surface area contributed by atoms with Gasteiger partial charge in [0, 0.05) is 5.56 Å². The molecular formula is C56H41N. The molecule has 0 saturated carbocycles. The first-order chi connectivity index (χ1) is 28.1. The van der Waals surface area contributed by atoms with Crippen molar-refractivity contribution in [3.8, 4) is 55.6 Å². The lowest BCUT2D eigenvalue weighted by atomic mass is 9.90. The number of hydrogen-bond donors (Lipinski definition) is 0. The Labute approximate surface area is 335 Å². The van der Waals surface area contributed by atoms with E-state index in [4.69, 9.17) is 4.99 Å². The summed E-state index contributed by atoms with van der Waals surface area (Å²) in [7, 11) is 0. The minimum atomic E-state index is 0.786. The van der Waals surface area contributed by atoms with Crippen molar-refractivity contribution in [3.05, 3.63) is 223 Å². The lowest BCUT2D eigenvalue weighted by Crippen LogP contribution is -2.00. The average Bonchev–Trinajstić information content (AvgIpc) is 3.60. The molecule has 2 aliphatic carbocycles. The second-order valence-corrected chi connectivity index (χ2v) is 15.2. The maximum atomic E-state index is 5.09. The van der Waals surface area contributed by atoms with E-state index >= 15 is 0 Å². The highest BCUT2D eigenvalue weighted by Gasteiger charge is 2.21. The number of aliphatic imine (C=N–C) groups is 1. The van der Waals surface area contributed by atoms with Gasteiger partial charge in [-0.3, -0.25) is 0 Å². The van der Waals surface area contributed by atoms with Crippen LogP contribution in [0.4, 0.5) is 0 Å². The maximum absolute atomic E-state index is 5.09. The standard InChI is InChI=1S/C56H41N/c1-37(31-55(40-17-7-4-8-18-40)57-38(2)39-15-5-3-6-16-39)42-22-11-25-47(32-42)53-36-48(34-46-19-9-10-26-49(46)53)44-24-12-23-43(33-44)45-29-30-50-51-27-13-20-41-21-14-28-52(56(41)51)54(50)35-45/h4-5,7-36H,2-3,6H2,1H3/b37-31+,57-55?. The number of benzene rings is 8. The summed E-state index contributed by atoms with van der Waals surface area (Å²) in [6.45, 7) is 6.53. The fraction of sp³-hybridized carbons (Fsp3) is 0.0536. The Hall–Kier alpha value is -7.09. The van der Waals surface area contributed by atoms with Crippen LogP contribution >= 0.6 is 0 Å². The molecule has 0 aromatic heterocycles. The second kappa shape index (κ2) is 14.5. The zero-order valence-corrected chi connectivity index (χ0v) is 32.0. The van der Waals surface area contributed by atoms with E-state index in [0.717, 1.165) is 46.5 Å². The monoisotopic (exact) mass is 727 g/mol. The van der Waals surface area contributed by atoms with Crippen LogP contribution in [0.1, 0.15) is 30.9 Å². The van der Waals surface area contributed by atoms with E-state index in [1.54, 1.807) is 0 Å². The highest BCUT2D eigenvalue weighted by Crippen LogP contribution is 2.48. The SMILES string of the molecule is C=C(N=C(/C=C(\C)c1cccc(-c2cc(-c3cccc(-c4ccc5c(c4)-c4cccc6cccc-5c46)c3)cc3ccccc23)c1)c1ccccc1)C1=CCCC=C1. The first kappa shape index (κ1) is 34.4. The van der Waals surface area contributed by atoms with Gasteiger partial charge in [-0.1, -0.05) is 164 Å². The fourth-order valence-corrected chi connectivity index (χ4v) is 8.61. The Morgan fingerprint density at radius 2 is 1.18 bits per heavy atom. The molecule has 0 atom stereocenters. The van der Waals surface area contributed by atoms with E-state index in [2.05, 4.69) is 202 Å². The molecule has 270 valence electrons. The molecule has 0 saturated heterocycles. The minimum Gasteiger partial charge on any atom is -0.248 e. The number of hydrogen-bond acceptors (Lipinski definition) is 1. The van der Waals surface area contributed by atoms with Crippen molar-refractivity contribution in [3.63, 3.8) is 0 Å². The third-order valence-corrected chi connectivity index (χ3v) is 11.5. The fourth-order valence-electron chi connectivity index (χ4n) is 8.61. The first-order valence-corrected chi connectivity index (χ1v) is 19.9. The molecule has 1 heteroatoms. The summed E-state index contributed by atoms with van der Waals surface area (Å²) in [6, 6.07) is 62.1. The Balaban J connectivity index is 1.02. The number of rotatable bonds is 8. The quantitative estimate of drug-likeness (QED) is 0.138. The lowest BCUT2D eigenvalue weighted by molar-refractivity contribution is 1.02. The van der Waals surface area contributed by atoms with E-state index in [-0.39, 0.29) is 0 Å². The van der Waals surface area contributed by atoms with Gasteiger partial charge in [-0.05, 0) is 150 Å². The van der Waals surface area contributed by atoms with Gasteiger partial charge in [-0.2, -0.15) is 0 Å². The average molecular weight is 728 g/mol. The molecule has 0 amide bonds. The molecule has 57 heavy (non-hydrogen) atoms. The van der Waals surface area contributed by atoms with Gasteiger partial charge < -0.3 is 0 Å². The van der Waals surface area contributed by atoms with Crippen LogP contribution in [0.15, 0.2) is 217 Å². The summed E-state index contributed by atoms with van der Waals surface area (Å²) in [6.07, 6.45) is 10.9. The molecule has 8 aromatic rings. The van der Waals surface area contributed by atoms with Crippen molar-refractivity contribution < 1.29 is 0 Å².